The lowest BCUT2D eigenvalue weighted by Crippen LogP contribution is -1.87. The first-order chi connectivity index (χ1) is 11.1. The maximum absolute atomic E-state index is 7.03. The quantitative estimate of drug-likeness (QED) is 0.844. The van der Waals surface area contributed by atoms with Crippen molar-refractivity contribution in [1.29, 1.82) is 5.41 Å². The molecule has 3 heterocycles. The molecule has 0 aliphatic carbocycles. The van der Waals surface area contributed by atoms with Gasteiger partial charge in [0.2, 0.25) is 5.88 Å². The highest BCUT2D eigenvalue weighted by Crippen LogP contribution is 2.22. The van der Waals surface area contributed by atoms with Gasteiger partial charge in [0, 0.05) is 18.9 Å². The van der Waals surface area contributed by atoms with Gasteiger partial charge >= 0.3 is 0 Å². The fourth-order valence-corrected chi connectivity index (χ4v) is 2.11. The highest BCUT2D eigenvalue weighted by Gasteiger charge is 2.13. The molecule has 23 heavy (non-hydrogen) atoms. The molecule has 5 heteroatoms. The highest BCUT2D eigenvalue weighted by atomic mass is 16.5. The summed E-state index contributed by atoms with van der Waals surface area (Å²) in [6, 6.07) is 1.72. The van der Waals surface area contributed by atoms with E-state index in [0.717, 1.165) is 25.3 Å². The van der Waals surface area contributed by atoms with Crippen LogP contribution in [0, 0.1) is 11.3 Å². The van der Waals surface area contributed by atoms with Crippen LogP contribution in [0.4, 0.5) is 5.88 Å². The summed E-state index contributed by atoms with van der Waals surface area (Å²) in [5.74, 6) is 1.88. The van der Waals surface area contributed by atoms with Crippen molar-refractivity contribution >= 4 is 24.5 Å². The third-order valence-electron chi connectivity index (χ3n) is 3.23. The van der Waals surface area contributed by atoms with Crippen LogP contribution in [-0.4, -0.2) is 31.8 Å². The van der Waals surface area contributed by atoms with Gasteiger partial charge in [-0.1, -0.05) is 25.5 Å². The molecule has 1 N–H and O–H groups in total. The molecule has 2 aliphatic heterocycles. The maximum Gasteiger partial charge on any atom is 0.227 e. The van der Waals surface area contributed by atoms with E-state index < -0.39 is 0 Å². The number of hydrogen-bond donors (Lipinski definition) is 1. The Bertz CT molecular complexity index is 664. The molecule has 0 aromatic carbocycles. The van der Waals surface area contributed by atoms with E-state index in [0.29, 0.717) is 17.4 Å². The average molecular weight is 313 g/mol. The number of allylic oxidation sites excluding steroid dienone is 2. The lowest BCUT2D eigenvalue weighted by molar-refractivity contribution is 0.265. The Labute approximate surface area is 137 Å². The van der Waals surface area contributed by atoms with Crippen molar-refractivity contribution in [3.05, 3.63) is 40.9 Å². The second-order valence-corrected chi connectivity index (χ2v) is 5.80. The number of ether oxygens (including phenoxy) is 1. The summed E-state index contributed by atoms with van der Waals surface area (Å²) < 4.78 is 10.4. The number of nitrogens with zero attached hydrogens (tertiary/aromatic N) is 2. The van der Waals surface area contributed by atoms with E-state index >= 15 is 0 Å². The van der Waals surface area contributed by atoms with Crippen LogP contribution in [0.15, 0.2) is 49.7 Å². The summed E-state index contributed by atoms with van der Waals surface area (Å²) in [6.45, 7) is 7.81. The Morgan fingerprint density at radius 3 is 2.96 bits per heavy atom. The molecule has 0 atom stereocenters. The molecule has 5 nitrogen and oxygen atoms in total. The Morgan fingerprint density at radius 2 is 2.22 bits per heavy atom. The molecule has 0 spiro atoms. The second kappa shape index (κ2) is 8.27. The third-order valence-corrected chi connectivity index (χ3v) is 3.23. The molecule has 1 aromatic heterocycles. The van der Waals surface area contributed by atoms with Crippen LogP contribution in [0.25, 0.3) is 0 Å². The van der Waals surface area contributed by atoms with Crippen molar-refractivity contribution in [3.8, 4) is 0 Å². The predicted molar refractivity (Wildman–Crippen MR) is 94.3 cm³/mol. The molecule has 0 amide bonds. The van der Waals surface area contributed by atoms with Crippen molar-refractivity contribution in [1.82, 2.24) is 0 Å². The van der Waals surface area contributed by atoms with E-state index in [9.17, 15) is 0 Å². The third kappa shape index (κ3) is 5.06. The van der Waals surface area contributed by atoms with Gasteiger partial charge in [0.25, 0.3) is 0 Å². The van der Waals surface area contributed by atoms with E-state index in [1.807, 2.05) is 20.1 Å². The highest BCUT2D eigenvalue weighted by molar-refractivity contribution is 5.83. The molecular weight excluding hydrogens is 290 g/mol. The van der Waals surface area contributed by atoms with Gasteiger partial charge in [0.15, 0.2) is 0 Å². The smallest absolute Gasteiger partial charge is 0.227 e. The van der Waals surface area contributed by atoms with Crippen molar-refractivity contribution in [2.45, 2.75) is 27.2 Å². The Balaban J connectivity index is 0.000000167. The minimum atomic E-state index is 0.397. The first kappa shape index (κ1) is 16.9. The molecule has 3 rings (SSSR count). The average Bonchev–Trinajstić information content (AvgIpc) is 3.12. The zero-order valence-corrected chi connectivity index (χ0v) is 13.9. The van der Waals surface area contributed by atoms with Crippen molar-refractivity contribution in [2.24, 2.45) is 15.9 Å². The molecule has 0 fully saturated rings. The number of hydrogen-bond acceptors (Lipinski definition) is 5. The first-order valence-corrected chi connectivity index (χ1v) is 7.75. The zero-order chi connectivity index (χ0) is 16.7. The number of furan rings is 1. The van der Waals surface area contributed by atoms with Crippen LogP contribution in [0.3, 0.4) is 0 Å². The molecule has 1 aromatic rings. The molecule has 0 saturated heterocycles. The summed E-state index contributed by atoms with van der Waals surface area (Å²) in [6.07, 6.45) is 9.64. The van der Waals surface area contributed by atoms with E-state index in [-0.39, 0.29) is 0 Å². The standard InChI is InChI=1S/C9H12N2O.C9H11NO/c1-7(2)6-11-9-8(5-10)3-4-12-9;1-7-4-8-2-3-11-9(8)6-10-5-7/h3-7,10H,1-2H3;4,6H,2-3,5H2,1H3/b10-5?,11-6-;. The molecule has 0 unspecified atom stereocenters. The van der Waals surface area contributed by atoms with Gasteiger partial charge in [-0.2, -0.15) is 0 Å². The van der Waals surface area contributed by atoms with Crippen LogP contribution >= 0.6 is 0 Å². The Kier molecular flexibility index (Phi) is 6.09. The Hall–Kier alpha value is -2.43. The SMILES string of the molecule is CC(C)/C=N\c1occc1C=N.CC1=CC2=C(C=NC1)OCC2. The molecule has 0 bridgehead atoms. The number of rotatable bonds is 3. The van der Waals surface area contributed by atoms with Crippen LogP contribution in [0.2, 0.25) is 0 Å². The topological polar surface area (TPSA) is 70.9 Å². The summed E-state index contributed by atoms with van der Waals surface area (Å²) in [4.78, 5) is 8.31. The normalized spacial score (nSPS) is 16.6. The minimum Gasteiger partial charge on any atom is -0.491 e. The molecule has 0 saturated carbocycles. The lowest BCUT2D eigenvalue weighted by Gasteiger charge is -1.93. The van der Waals surface area contributed by atoms with Crippen LogP contribution in [0.5, 0.6) is 0 Å². The summed E-state index contributed by atoms with van der Waals surface area (Å²) in [5, 5.41) is 7.03. The van der Waals surface area contributed by atoms with Crippen LogP contribution in [0.1, 0.15) is 32.8 Å². The summed E-state index contributed by atoms with van der Waals surface area (Å²) >= 11 is 0. The van der Waals surface area contributed by atoms with Gasteiger partial charge in [0.1, 0.15) is 5.76 Å². The van der Waals surface area contributed by atoms with Gasteiger partial charge in [0.05, 0.1) is 31.2 Å². The lowest BCUT2D eigenvalue weighted by atomic mass is 10.1. The van der Waals surface area contributed by atoms with Gasteiger partial charge in [-0.25, -0.2) is 4.99 Å². The van der Waals surface area contributed by atoms with Gasteiger partial charge in [-0.3, -0.25) is 4.99 Å². The van der Waals surface area contributed by atoms with E-state index in [1.165, 1.54) is 23.6 Å². The zero-order valence-electron chi connectivity index (χ0n) is 13.9. The second-order valence-electron chi connectivity index (χ2n) is 5.80. The van der Waals surface area contributed by atoms with Gasteiger partial charge in [-0.15, -0.1) is 0 Å². The molecular formula is C18H23N3O2. The number of aliphatic imine (C=N–C) groups is 2. The van der Waals surface area contributed by atoms with E-state index in [2.05, 4.69) is 23.0 Å². The first-order valence-electron chi connectivity index (χ1n) is 7.75. The number of nitrogens with one attached hydrogen (secondary N) is 1. The van der Waals surface area contributed by atoms with Crippen molar-refractivity contribution in [2.75, 3.05) is 13.2 Å². The van der Waals surface area contributed by atoms with Gasteiger partial charge in [-0.05, 0) is 24.5 Å². The molecule has 122 valence electrons. The summed E-state index contributed by atoms with van der Waals surface area (Å²) in [7, 11) is 0. The van der Waals surface area contributed by atoms with Crippen molar-refractivity contribution < 1.29 is 9.15 Å². The van der Waals surface area contributed by atoms with Crippen LogP contribution < -0.4 is 0 Å². The van der Waals surface area contributed by atoms with E-state index in [4.69, 9.17) is 14.6 Å². The van der Waals surface area contributed by atoms with E-state index in [1.54, 1.807) is 12.3 Å². The molecule has 0 radical (unpaired) electrons. The van der Waals surface area contributed by atoms with Crippen molar-refractivity contribution in [3.63, 3.8) is 0 Å². The largest absolute Gasteiger partial charge is 0.491 e. The fraction of sp³-hybridized carbons (Fsp3) is 0.389. The van der Waals surface area contributed by atoms with Gasteiger partial charge < -0.3 is 14.6 Å². The maximum atomic E-state index is 7.03. The predicted octanol–water partition coefficient (Wildman–Crippen LogP) is 4.33. The Morgan fingerprint density at radius 1 is 1.39 bits per heavy atom. The summed E-state index contributed by atoms with van der Waals surface area (Å²) in [5.41, 5.74) is 3.34. The molecule has 2 aliphatic rings. The van der Waals surface area contributed by atoms with Crippen LogP contribution in [-0.2, 0) is 4.74 Å². The fourth-order valence-electron chi connectivity index (χ4n) is 2.11. The minimum absolute atomic E-state index is 0.397. The monoisotopic (exact) mass is 313 g/mol.